The number of hydrogen-bond acceptors (Lipinski definition) is 3. The maximum atomic E-state index is 10.8. The minimum atomic E-state index is -3.52. The Hall–Kier alpha value is -0.910. The molecule has 4 nitrogen and oxygen atoms in total. The van der Waals surface area contributed by atoms with Crippen molar-refractivity contribution >= 4 is 10.0 Å². The van der Waals surface area contributed by atoms with E-state index in [2.05, 4.69) is 0 Å². The smallest absolute Gasteiger partial charge is 0.213 e. The molecule has 1 aromatic rings. The Morgan fingerprint density at radius 3 is 2.23 bits per heavy atom. The Bertz CT molecular complexity index is 386. The summed E-state index contributed by atoms with van der Waals surface area (Å²) in [7, 11) is -3.52. The lowest BCUT2D eigenvalue weighted by molar-refractivity contribution is 0.281. The van der Waals surface area contributed by atoms with E-state index in [1.807, 2.05) is 0 Å². The van der Waals surface area contributed by atoms with Crippen LogP contribution in [-0.2, 0) is 22.4 Å². The zero-order chi connectivity index (χ0) is 9.90. The van der Waals surface area contributed by atoms with E-state index in [9.17, 15) is 8.42 Å². The first-order valence-corrected chi connectivity index (χ1v) is 5.42. The lowest BCUT2D eigenvalue weighted by Crippen LogP contribution is -2.15. The highest BCUT2D eigenvalue weighted by Crippen LogP contribution is 2.10. The van der Waals surface area contributed by atoms with E-state index in [0.29, 0.717) is 11.1 Å². The van der Waals surface area contributed by atoms with Crippen LogP contribution in [0.4, 0.5) is 0 Å². The summed E-state index contributed by atoms with van der Waals surface area (Å²) in [5.41, 5.74) is 1.14. The van der Waals surface area contributed by atoms with Crippen molar-refractivity contribution in [3.05, 3.63) is 35.4 Å². The van der Waals surface area contributed by atoms with E-state index >= 15 is 0 Å². The maximum Gasteiger partial charge on any atom is 0.213 e. The van der Waals surface area contributed by atoms with Crippen LogP contribution in [0, 0.1) is 0 Å². The predicted octanol–water partition coefficient (Wildman–Crippen LogP) is -0.0326. The summed E-state index contributed by atoms with van der Waals surface area (Å²) >= 11 is 0. The van der Waals surface area contributed by atoms with Crippen LogP contribution in [0.15, 0.2) is 24.3 Å². The van der Waals surface area contributed by atoms with Crippen molar-refractivity contribution in [1.29, 1.82) is 0 Å². The molecule has 0 saturated carbocycles. The third-order valence-corrected chi connectivity index (χ3v) is 2.36. The Morgan fingerprint density at radius 2 is 1.77 bits per heavy atom. The lowest BCUT2D eigenvalue weighted by atomic mass is 10.1. The number of rotatable bonds is 3. The minimum Gasteiger partial charge on any atom is -0.392 e. The molecule has 72 valence electrons. The Morgan fingerprint density at radius 1 is 1.23 bits per heavy atom. The second-order valence-corrected chi connectivity index (χ2v) is 4.35. The molecule has 1 aromatic carbocycles. The molecule has 0 amide bonds. The number of benzene rings is 1. The Balaban J connectivity index is 3.01. The zero-order valence-electron chi connectivity index (χ0n) is 6.97. The van der Waals surface area contributed by atoms with Crippen LogP contribution in [0.25, 0.3) is 0 Å². The highest BCUT2D eigenvalue weighted by Gasteiger charge is 2.07. The Labute approximate surface area is 77.1 Å². The van der Waals surface area contributed by atoms with Gasteiger partial charge in [-0.25, -0.2) is 13.6 Å². The first-order chi connectivity index (χ1) is 6.03. The van der Waals surface area contributed by atoms with Crippen LogP contribution in [0.1, 0.15) is 11.1 Å². The van der Waals surface area contributed by atoms with Crippen LogP contribution in [0.2, 0.25) is 0 Å². The SMILES string of the molecule is NS(=O)(=O)Cc1ccccc1CO. The number of aliphatic hydroxyl groups excluding tert-OH is 1. The molecule has 0 fully saturated rings. The number of aliphatic hydroxyl groups is 1. The van der Waals surface area contributed by atoms with Gasteiger partial charge in [0.25, 0.3) is 0 Å². The fourth-order valence-electron chi connectivity index (χ4n) is 1.07. The van der Waals surface area contributed by atoms with Gasteiger partial charge in [0.05, 0.1) is 12.4 Å². The third kappa shape index (κ3) is 3.14. The standard InChI is InChI=1S/C8H11NO3S/c9-13(11,12)6-8-4-2-1-3-7(8)5-10/h1-4,10H,5-6H2,(H2,9,11,12). The number of nitrogens with two attached hydrogens (primary N) is 1. The van der Waals surface area contributed by atoms with Crippen molar-refractivity contribution in [1.82, 2.24) is 0 Å². The molecule has 0 bridgehead atoms. The van der Waals surface area contributed by atoms with Crippen molar-refractivity contribution in [2.24, 2.45) is 5.14 Å². The quantitative estimate of drug-likeness (QED) is 0.720. The van der Waals surface area contributed by atoms with Crippen LogP contribution in [0.5, 0.6) is 0 Å². The molecule has 0 aromatic heterocycles. The summed E-state index contributed by atoms with van der Waals surface area (Å²) in [5.74, 6) is -0.232. The van der Waals surface area contributed by atoms with Gasteiger partial charge in [-0.05, 0) is 11.1 Å². The molecule has 0 unspecified atom stereocenters. The van der Waals surface area contributed by atoms with Gasteiger partial charge in [0.2, 0.25) is 10.0 Å². The van der Waals surface area contributed by atoms with Gasteiger partial charge in [-0.1, -0.05) is 24.3 Å². The van der Waals surface area contributed by atoms with Gasteiger partial charge in [0.15, 0.2) is 0 Å². The summed E-state index contributed by atoms with van der Waals surface area (Å²) in [6, 6.07) is 6.74. The third-order valence-electron chi connectivity index (χ3n) is 1.65. The molecule has 1 rings (SSSR count). The molecule has 5 heteroatoms. The summed E-state index contributed by atoms with van der Waals surface area (Å²) in [6.45, 7) is -0.175. The highest BCUT2D eigenvalue weighted by atomic mass is 32.2. The van der Waals surface area contributed by atoms with E-state index < -0.39 is 10.0 Å². The molecule has 0 heterocycles. The predicted molar refractivity (Wildman–Crippen MR) is 49.2 cm³/mol. The average Bonchev–Trinajstić information content (AvgIpc) is 2.02. The van der Waals surface area contributed by atoms with E-state index in [1.165, 1.54) is 0 Å². The van der Waals surface area contributed by atoms with Gasteiger partial charge in [-0.15, -0.1) is 0 Å². The lowest BCUT2D eigenvalue weighted by Gasteiger charge is -2.04. The Kier molecular flexibility index (Phi) is 3.02. The van der Waals surface area contributed by atoms with Crippen molar-refractivity contribution in [3.63, 3.8) is 0 Å². The second kappa shape index (κ2) is 3.87. The fourth-order valence-corrected chi connectivity index (χ4v) is 1.78. The summed E-state index contributed by atoms with van der Waals surface area (Å²) < 4.78 is 21.5. The van der Waals surface area contributed by atoms with Crippen molar-refractivity contribution in [2.75, 3.05) is 0 Å². The topological polar surface area (TPSA) is 80.4 Å². The highest BCUT2D eigenvalue weighted by molar-refractivity contribution is 7.88. The average molecular weight is 201 g/mol. The van der Waals surface area contributed by atoms with Crippen LogP contribution < -0.4 is 5.14 Å². The van der Waals surface area contributed by atoms with Gasteiger partial charge >= 0.3 is 0 Å². The molecule has 0 aliphatic rings. The molecular formula is C8H11NO3S. The molecular weight excluding hydrogens is 190 g/mol. The number of primary sulfonamides is 1. The van der Waals surface area contributed by atoms with Gasteiger partial charge in [0, 0.05) is 0 Å². The largest absolute Gasteiger partial charge is 0.392 e. The summed E-state index contributed by atoms with van der Waals surface area (Å²) in [6.07, 6.45) is 0. The molecule has 0 spiro atoms. The van der Waals surface area contributed by atoms with E-state index in [0.717, 1.165) is 0 Å². The van der Waals surface area contributed by atoms with Crippen LogP contribution in [0.3, 0.4) is 0 Å². The van der Waals surface area contributed by atoms with Gasteiger partial charge in [0.1, 0.15) is 0 Å². The first-order valence-electron chi connectivity index (χ1n) is 3.71. The molecule has 0 aliphatic carbocycles. The van der Waals surface area contributed by atoms with Gasteiger partial charge < -0.3 is 5.11 Å². The van der Waals surface area contributed by atoms with Crippen molar-refractivity contribution in [2.45, 2.75) is 12.4 Å². The molecule has 0 aliphatic heterocycles. The van der Waals surface area contributed by atoms with Gasteiger partial charge in [-0.3, -0.25) is 0 Å². The minimum absolute atomic E-state index is 0.175. The summed E-state index contributed by atoms with van der Waals surface area (Å²) in [4.78, 5) is 0. The molecule has 0 atom stereocenters. The monoisotopic (exact) mass is 201 g/mol. The van der Waals surface area contributed by atoms with E-state index in [4.69, 9.17) is 10.2 Å². The zero-order valence-corrected chi connectivity index (χ0v) is 7.79. The number of sulfonamides is 1. The molecule has 0 saturated heterocycles. The van der Waals surface area contributed by atoms with Crippen LogP contribution >= 0.6 is 0 Å². The van der Waals surface area contributed by atoms with Crippen molar-refractivity contribution < 1.29 is 13.5 Å². The number of hydrogen-bond donors (Lipinski definition) is 2. The molecule has 3 N–H and O–H groups in total. The van der Waals surface area contributed by atoms with E-state index in [-0.39, 0.29) is 12.4 Å². The maximum absolute atomic E-state index is 10.8. The fraction of sp³-hybridized carbons (Fsp3) is 0.250. The van der Waals surface area contributed by atoms with E-state index in [1.54, 1.807) is 24.3 Å². The second-order valence-electron chi connectivity index (χ2n) is 2.73. The summed E-state index contributed by atoms with van der Waals surface area (Å²) in [5, 5.41) is 13.8. The van der Waals surface area contributed by atoms with Gasteiger partial charge in [-0.2, -0.15) is 0 Å². The molecule has 0 radical (unpaired) electrons. The van der Waals surface area contributed by atoms with Crippen molar-refractivity contribution in [3.8, 4) is 0 Å². The normalized spacial score (nSPS) is 11.5. The first kappa shape index (κ1) is 10.2. The molecule has 13 heavy (non-hydrogen) atoms. The van der Waals surface area contributed by atoms with Crippen LogP contribution in [-0.4, -0.2) is 13.5 Å².